The molecule has 0 unspecified atom stereocenters. The Bertz CT molecular complexity index is 1520. The molecule has 3 aromatic carbocycles. The van der Waals surface area contributed by atoms with Gasteiger partial charge in [-0.05, 0) is 54.8 Å². The molecule has 0 heterocycles. The first kappa shape index (κ1) is 34.2. The largest absolute Gasteiger partial charge is 0.416 e. The second-order valence-corrected chi connectivity index (χ2v) is 12.6. The molecule has 0 aliphatic carbocycles. The van der Waals surface area contributed by atoms with Crippen LogP contribution < -0.4 is 9.62 Å². The first-order chi connectivity index (χ1) is 20.2. The van der Waals surface area contributed by atoms with E-state index in [1.165, 1.54) is 11.0 Å². The summed E-state index contributed by atoms with van der Waals surface area (Å²) in [6.45, 7) is 1.85. The molecule has 0 aromatic heterocycles. The third kappa shape index (κ3) is 9.87. The summed E-state index contributed by atoms with van der Waals surface area (Å²) >= 11 is 12.3. The Morgan fingerprint density at radius 1 is 0.930 bits per heavy atom. The number of benzene rings is 3. The number of carbonyl (C=O) groups excluding carboxylic acids is 2. The minimum Gasteiger partial charge on any atom is -0.355 e. The van der Waals surface area contributed by atoms with Crippen LogP contribution in [0.5, 0.6) is 0 Å². The van der Waals surface area contributed by atoms with Crippen LogP contribution in [0.3, 0.4) is 0 Å². The zero-order valence-electron chi connectivity index (χ0n) is 23.6. The van der Waals surface area contributed by atoms with Gasteiger partial charge in [0.2, 0.25) is 21.8 Å². The Morgan fingerprint density at radius 3 is 2.23 bits per heavy atom. The SMILES string of the molecule is CCNC(=O)[C@@H](Cc1ccccc1)N(Cc1ccc(Cl)c(Cl)c1)C(=O)CCCN(c1cccc(C(F)(F)F)c1)S(C)(=O)=O. The van der Waals surface area contributed by atoms with E-state index in [4.69, 9.17) is 23.2 Å². The normalized spacial score (nSPS) is 12.4. The minimum absolute atomic E-state index is 0.00771. The van der Waals surface area contributed by atoms with Gasteiger partial charge in [-0.15, -0.1) is 0 Å². The molecule has 0 aliphatic rings. The Morgan fingerprint density at radius 2 is 1.63 bits per heavy atom. The number of hydrogen-bond donors (Lipinski definition) is 1. The molecule has 0 aliphatic heterocycles. The van der Waals surface area contributed by atoms with Crippen molar-refractivity contribution in [2.75, 3.05) is 23.7 Å². The molecule has 0 saturated heterocycles. The van der Waals surface area contributed by atoms with E-state index in [-0.39, 0.29) is 49.0 Å². The monoisotopic (exact) mass is 657 g/mol. The molecule has 1 atom stereocenters. The van der Waals surface area contributed by atoms with Crippen molar-refractivity contribution in [2.45, 2.75) is 44.9 Å². The van der Waals surface area contributed by atoms with Crippen LogP contribution in [-0.4, -0.2) is 50.5 Å². The third-order valence-corrected chi connectivity index (χ3v) is 8.51. The van der Waals surface area contributed by atoms with Crippen LogP contribution >= 0.6 is 23.2 Å². The van der Waals surface area contributed by atoms with Crippen molar-refractivity contribution in [3.8, 4) is 0 Å². The summed E-state index contributed by atoms with van der Waals surface area (Å²) in [7, 11) is -3.98. The summed E-state index contributed by atoms with van der Waals surface area (Å²) in [5, 5.41) is 3.38. The van der Waals surface area contributed by atoms with Gasteiger partial charge < -0.3 is 10.2 Å². The predicted octanol–water partition coefficient (Wildman–Crippen LogP) is 6.33. The van der Waals surface area contributed by atoms with Gasteiger partial charge in [0.25, 0.3) is 0 Å². The van der Waals surface area contributed by atoms with Crippen molar-refractivity contribution >= 4 is 50.7 Å². The quantitative estimate of drug-likeness (QED) is 0.233. The van der Waals surface area contributed by atoms with Gasteiger partial charge in [0.1, 0.15) is 6.04 Å². The van der Waals surface area contributed by atoms with Crippen molar-refractivity contribution in [3.63, 3.8) is 0 Å². The van der Waals surface area contributed by atoms with Crippen molar-refractivity contribution in [3.05, 3.63) is 99.5 Å². The lowest BCUT2D eigenvalue weighted by Crippen LogP contribution is -2.50. The van der Waals surface area contributed by atoms with E-state index >= 15 is 0 Å². The second kappa shape index (κ2) is 14.9. The number of rotatable bonds is 13. The van der Waals surface area contributed by atoms with Gasteiger partial charge in [0.05, 0.1) is 27.6 Å². The number of anilines is 1. The highest BCUT2D eigenvalue weighted by atomic mass is 35.5. The van der Waals surface area contributed by atoms with Gasteiger partial charge in [0.15, 0.2) is 0 Å². The van der Waals surface area contributed by atoms with E-state index in [0.717, 1.165) is 34.3 Å². The molecule has 2 amide bonds. The Balaban J connectivity index is 1.90. The minimum atomic E-state index is -4.66. The maximum atomic E-state index is 13.8. The average molecular weight is 659 g/mol. The lowest BCUT2D eigenvalue weighted by atomic mass is 10.0. The maximum absolute atomic E-state index is 13.8. The molecule has 43 heavy (non-hydrogen) atoms. The number of amides is 2. The van der Waals surface area contributed by atoms with Gasteiger partial charge in [-0.25, -0.2) is 8.42 Å². The van der Waals surface area contributed by atoms with E-state index in [1.54, 1.807) is 25.1 Å². The van der Waals surface area contributed by atoms with Crippen molar-refractivity contribution in [1.82, 2.24) is 10.2 Å². The van der Waals surface area contributed by atoms with Gasteiger partial charge in [-0.2, -0.15) is 13.2 Å². The summed E-state index contributed by atoms with van der Waals surface area (Å²) in [6, 6.07) is 17.1. The highest BCUT2D eigenvalue weighted by Gasteiger charge is 2.32. The van der Waals surface area contributed by atoms with Gasteiger partial charge in [-0.1, -0.05) is 65.7 Å². The van der Waals surface area contributed by atoms with E-state index < -0.39 is 33.7 Å². The molecule has 0 bridgehead atoms. The number of halogens is 5. The first-order valence-corrected chi connectivity index (χ1v) is 16.0. The van der Waals surface area contributed by atoms with Gasteiger partial charge in [-0.3, -0.25) is 13.9 Å². The highest BCUT2D eigenvalue weighted by molar-refractivity contribution is 7.92. The second-order valence-electron chi connectivity index (χ2n) is 9.86. The summed E-state index contributed by atoms with van der Waals surface area (Å²) in [5.41, 5.74) is 0.278. The lowest BCUT2D eigenvalue weighted by Gasteiger charge is -2.32. The average Bonchev–Trinajstić information content (AvgIpc) is 2.94. The maximum Gasteiger partial charge on any atom is 0.416 e. The van der Waals surface area contributed by atoms with Crippen molar-refractivity contribution < 1.29 is 31.2 Å². The van der Waals surface area contributed by atoms with E-state index in [2.05, 4.69) is 5.32 Å². The molecule has 0 saturated carbocycles. The molecule has 3 rings (SSSR count). The number of hydrogen-bond acceptors (Lipinski definition) is 4. The summed E-state index contributed by atoms with van der Waals surface area (Å²) in [5.74, 6) is -0.822. The van der Waals surface area contributed by atoms with E-state index in [1.807, 2.05) is 30.3 Å². The first-order valence-electron chi connectivity index (χ1n) is 13.4. The van der Waals surface area contributed by atoms with Crippen LogP contribution in [0, 0.1) is 0 Å². The number of alkyl halides is 3. The molecular formula is C30H32Cl2F3N3O4S. The molecule has 232 valence electrons. The van der Waals surface area contributed by atoms with E-state index in [9.17, 15) is 31.2 Å². The van der Waals surface area contributed by atoms with Crippen LogP contribution in [0.2, 0.25) is 10.0 Å². The van der Waals surface area contributed by atoms with Crippen LogP contribution in [0.4, 0.5) is 18.9 Å². The molecule has 0 spiro atoms. The van der Waals surface area contributed by atoms with Crippen molar-refractivity contribution in [2.24, 2.45) is 0 Å². The lowest BCUT2D eigenvalue weighted by molar-refractivity contribution is -0.141. The van der Waals surface area contributed by atoms with E-state index in [0.29, 0.717) is 17.1 Å². The summed E-state index contributed by atoms with van der Waals surface area (Å²) in [4.78, 5) is 28.5. The number of nitrogens with zero attached hydrogens (tertiary/aromatic N) is 2. The summed E-state index contributed by atoms with van der Waals surface area (Å²) < 4.78 is 65.8. The zero-order chi connectivity index (χ0) is 31.8. The molecule has 1 N–H and O–H groups in total. The molecule has 3 aromatic rings. The Labute approximate surface area is 259 Å². The van der Waals surface area contributed by atoms with Crippen LogP contribution in [0.15, 0.2) is 72.8 Å². The van der Waals surface area contributed by atoms with Gasteiger partial charge >= 0.3 is 6.18 Å². The number of sulfonamides is 1. The number of nitrogens with one attached hydrogen (secondary N) is 1. The molecule has 7 nitrogen and oxygen atoms in total. The van der Waals surface area contributed by atoms with Crippen LogP contribution in [0.1, 0.15) is 36.5 Å². The fraction of sp³-hybridized carbons (Fsp3) is 0.333. The third-order valence-electron chi connectivity index (χ3n) is 6.57. The van der Waals surface area contributed by atoms with Gasteiger partial charge in [0, 0.05) is 32.5 Å². The predicted molar refractivity (Wildman–Crippen MR) is 162 cm³/mol. The molecule has 0 radical (unpaired) electrons. The molecular weight excluding hydrogens is 626 g/mol. The highest BCUT2D eigenvalue weighted by Crippen LogP contribution is 2.32. The fourth-order valence-corrected chi connectivity index (χ4v) is 5.80. The van der Waals surface area contributed by atoms with Crippen molar-refractivity contribution in [1.29, 1.82) is 0 Å². The fourth-order valence-electron chi connectivity index (χ4n) is 4.52. The molecule has 0 fully saturated rings. The topological polar surface area (TPSA) is 86.8 Å². The number of carbonyl (C=O) groups is 2. The van der Waals surface area contributed by atoms with Crippen LogP contribution in [0.25, 0.3) is 0 Å². The van der Waals surface area contributed by atoms with Crippen LogP contribution in [-0.2, 0) is 38.8 Å². The molecule has 13 heteroatoms. The smallest absolute Gasteiger partial charge is 0.355 e. The zero-order valence-corrected chi connectivity index (χ0v) is 25.9. The Hall–Kier alpha value is -3.28. The Kier molecular flexibility index (Phi) is 11.9. The summed E-state index contributed by atoms with van der Waals surface area (Å²) in [6.07, 6.45) is -3.77. The number of likely N-dealkylation sites (N-methyl/N-ethyl adjacent to an activating group) is 1. The standard InChI is InChI=1S/C30H32Cl2F3N3O4S/c1-3-36-29(40)27(18-21-9-5-4-6-10-21)37(20-22-14-15-25(31)26(32)17-22)28(39)13-8-16-38(43(2,41)42)24-12-7-11-23(19-24)30(33,34)35/h4-7,9-12,14-15,17,19,27H,3,8,13,16,18,20H2,1-2H3,(H,36,40)/t27-/m1/s1.